The third-order valence-corrected chi connectivity index (χ3v) is 6.55. The van der Waals surface area contributed by atoms with Crippen LogP contribution >= 0.6 is 0 Å². The highest BCUT2D eigenvalue weighted by atomic mass is 16.5. The Morgan fingerprint density at radius 2 is 1.78 bits per heavy atom. The van der Waals surface area contributed by atoms with E-state index in [2.05, 4.69) is 25.2 Å². The molecule has 0 spiro atoms. The van der Waals surface area contributed by atoms with Gasteiger partial charge in [-0.05, 0) is 52.1 Å². The van der Waals surface area contributed by atoms with E-state index in [4.69, 9.17) is 8.94 Å². The van der Waals surface area contributed by atoms with Crippen LogP contribution in [0.4, 0.5) is 0 Å². The molecule has 0 radical (unpaired) electrons. The molecular formula is C24H29N5O3. The van der Waals surface area contributed by atoms with Gasteiger partial charge in [0.15, 0.2) is 0 Å². The topological polar surface area (TPSA) is 88.5 Å². The van der Waals surface area contributed by atoms with Gasteiger partial charge in [0.2, 0.25) is 11.8 Å². The van der Waals surface area contributed by atoms with E-state index in [0.717, 1.165) is 63.0 Å². The molecule has 1 aromatic carbocycles. The van der Waals surface area contributed by atoms with Crippen molar-refractivity contribution in [1.29, 1.82) is 0 Å². The Morgan fingerprint density at radius 1 is 1.03 bits per heavy atom. The minimum atomic E-state index is 0.149. The van der Waals surface area contributed by atoms with Crippen molar-refractivity contribution in [3.05, 3.63) is 42.0 Å². The third-order valence-electron chi connectivity index (χ3n) is 6.55. The smallest absolute Gasteiger partial charge is 0.253 e. The van der Waals surface area contributed by atoms with Gasteiger partial charge in [-0.25, -0.2) is 0 Å². The number of likely N-dealkylation sites (tertiary alicyclic amines) is 2. The molecule has 0 bridgehead atoms. The van der Waals surface area contributed by atoms with Gasteiger partial charge in [0.05, 0.1) is 6.54 Å². The summed E-state index contributed by atoms with van der Waals surface area (Å²) in [5.41, 5.74) is 2.38. The second-order valence-corrected chi connectivity index (χ2v) is 8.77. The fraction of sp³-hybridized carbons (Fsp3) is 0.500. The summed E-state index contributed by atoms with van der Waals surface area (Å²) < 4.78 is 11.4. The summed E-state index contributed by atoms with van der Waals surface area (Å²) in [6.07, 6.45) is 5.30. The van der Waals surface area contributed by atoms with Crippen LogP contribution in [0.3, 0.4) is 0 Å². The SMILES string of the molecule is Cc1onc(-c2ccccc2)c1-c1nnc(CN2CCC(C(=O)N3CCCCC3)CC2)o1. The molecule has 2 aliphatic heterocycles. The number of benzene rings is 1. The van der Waals surface area contributed by atoms with Crippen molar-refractivity contribution in [2.24, 2.45) is 5.92 Å². The predicted molar refractivity (Wildman–Crippen MR) is 118 cm³/mol. The monoisotopic (exact) mass is 435 g/mol. The summed E-state index contributed by atoms with van der Waals surface area (Å²) in [6, 6.07) is 9.84. The number of rotatable bonds is 5. The van der Waals surface area contributed by atoms with Gasteiger partial charge in [-0.2, -0.15) is 0 Å². The summed E-state index contributed by atoms with van der Waals surface area (Å²) in [5, 5.41) is 12.7. The van der Waals surface area contributed by atoms with Crippen molar-refractivity contribution >= 4 is 5.91 Å². The second kappa shape index (κ2) is 9.24. The average molecular weight is 436 g/mol. The molecule has 8 heteroatoms. The fourth-order valence-corrected chi connectivity index (χ4v) is 4.74. The van der Waals surface area contributed by atoms with Crippen molar-refractivity contribution in [2.45, 2.75) is 45.6 Å². The zero-order valence-electron chi connectivity index (χ0n) is 18.5. The molecule has 0 unspecified atom stereocenters. The highest BCUT2D eigenvalue weighted by Gasteiger charge is 2.30. The maximum atomic E-state index is 12.8. The van der Waals surface area contributed by atoms with Crippen LogP contribution in [-0.2, 0) is 11.3 Å². The molecule has 0 N–H and O–H groups in total. The van der Waals surface area contributed by atoms with Gasteiger partial charge in [-0.1, -0.05) is 35.5 Å². The van der Waals surface area contributed by atoms with E-state index in [1.54, 1.807) is 0 Å². The highest BCUT2D eigenvalue weighted by molar-refractivity contribution is 5.79. The Balaban J connectivity index is 1.22. The Labute approximate surface area is 187 Å². The van der Waals surface area contributed by atoms with Gasteiger partial charge in [-0.15, -0.1) is 10.2 Å². The van der Waals surface area contributed by atoms with E-state index in [1.807, 2.05) is 37.3 Å². The molecule has 1 amide bonds. The molecule has 2 aromatic heterocycles. The van der Waals surface area contributed by atoms with Gasteiger partial charge in [0, 0.05) is 24.6 Å². The molecule has 2 aliphatic rings. The number of nitrogens with zero attached hydrogens (tertiary/aromatic N) is 5. The molecule has 2 fully saturated rings. The van der Waals surface area contributed by atoms with E-state index >= 15 is 0 Å². The molecular weight excluding hydrogens is 406 g/mol. The molecule has 0 saturated carbocycles. The lowest BCUT2D eigenvalue weighted by molar-refractivity contribution is -0.138. The molecule has 168 valence electrons. The van der Waals surface area contributed by atoms with E-state index < -0.39 is 0 Å². The largest absolute Gasteiger partial charge is 0.419 e. The summed E-state index contributed by atoms with van der Waals surface area (Å²) in [6.45, 7) is 6.02. The summed E-state index contributed by atoms with van der Waals surface area (Å²) in [4.78, 5) is 17.1. The van der Waals surface area contributed by atoms with Crippen LogP contribution in [0.15, 0.2) is 39.3 Å². The summed E-state index contributed by atoms with van der Waals surface area (Å²) in [7, 11) is 0. The number of aryl methyl sites for hydroxylation is 1. The van der Waals surface area contributed by atoms with Crippen molar-refractivity contribution in [1.82, 2.24) is 25.2 Å². The van der Waals surface area contributed by atoms with E-state index in [9.17, 15) is 4.79 Å². The molecule has 32 heavy (non-hydrogen) atoms. The van der Waals surface area contributed by atoms with Crippen molar-refractivity contribution < 1.29 is 13.7 Å². The third kappa shape index (κ3) is 4.32. The number of aromatic nitrogens is 3. The molecule has 8 nitrogen and oxygen atoms in total. The molecule has 3 aromatic rings. The number of carbonyl (C=O) groups excluding carboxylic acids is 1. The number of hydrogen-bond acceptors (Lipinski definition) is 7. The minimum Gasteiger partial charge on any atom is -0.419 e. The lowest BCUT2D eigenvalue weighted by atomic mass is 9.94. The van der Waals surface area contributed by atoms with Gasteiger partial charge in [0.1, 0.15) is 17.0 Å². The van der Waals surface area contributed by atoms with Crippen LogP contribution in [-0.4, -0.2) is 57.2 Å². The van der Waals surface area contributed by atoms with Crippen LogP contribution in [0.25, 0.3) is 22.7 Å². The Morgan fingerprint density at radius 3 is 2.53 bits per heavy atom. The minimum absolute atomic E-state index is 0.149. The Hall–Kier alpha value is -3.00. The van der Waals surface area contributed by atoms with Crippen LogP contribution in [0.2, 0.25) is 0 Å². The fourth-order valence-electron chi connectivity index (χ4n) is 4.74. The zero-order chi connectivity index (χ0) is 21.9. The maximum Gasteiger partial charge on any atom is 0.253 e. The van der Waals surface area contributed by atoms with Gasteiger partial charge >= 0.3 is 0 Å². The van der Waals surface area contributed by atoms with Crippen molar-refractivity contribution in [3.8, 4) is 22.7 Å². The number of hydrogen-bond donors (Lipinski definition) is 0. The zero-order valence-corrected chi connectivity index (χ0v) is 18.5. The number of carbonyl (C=O) groups is 1. The summed E-state index contributed by atoms with van der Waals surface area (Å²) in [5.74, 6) is 2.14. The average Bonchev–Trinajstić information content (AvgIpc) is 3.46. The Bertz CT molecular complexity index is 1050. The first-order valence-electron chi connectivity index (χ1n) is 11.5. The lowest BCUT2D eigenvalue weighted by Gasteiger charge is -2.35. The quantitative estimate of drug-likeness (QED) is 0.600. The van der Waals surface area contributed by atoms with E-state index in [1.165, 1.54) is 6.42 Å². The predicted octanol–water partition coefficient (Wildman–Crippen LogP) is 3.92. The normalized spacial score (nSPS) is 18.2. The van der Waals surface area contributed by atoms with Crippen LogP contribution < -0.4 is 0 Å². The molecule has 2 saturated heterocycles. The molecule has 0 atom stereocenters. The van der Waals surface area contributed by atoms with Gasteiger partial charge in [0.25, 0.3) is 5.89 Å². The van der Waals surface area contributed by atoms with Gasteiger partial charge < -0.3 is 13.8 Å². The number of amides is 1. The standard InChI is InChI=1S/C24H29N5O3/c1-17-21(22(27-32-17)18-8-4-2-5-9-18)23-26-25-20(31-23)16-28-14-10-19(11-15-28)24(30)29-12-6-3-7-13-29/h2,4-5,8-9,19H,3,6-7,10-16H2,1H3. The first kappa shape index (κ1) is 20.9. The number of piperidine rings is 2. The van der Waals surface area contributed by atoms with Crippen LogP contribution in [0, 0.1) is 12.8 Å². The first-order chi connectivity index (χ1) is 15.7. The molecule has 5 rings (SSSR count). The Kier molecular flexibility index (Phi) is 6.03. The van der Waals surface area contributed by atoms with Gasteiger partial charge in [-0.3, -0.25) is 9.69 Å². The molecule has 0 aliphatic carbocycles. The van der Waals surface area contributed by atoms with Crippen molar-refractivity contribution in [2.75, 3.05) is 26.2 Å². The van der Waals surface area contributed by atoms with E-state index in [0.29, 0.717) is 35.7 Å². The summed E-state index contributed by atoms with van der Waals surface area (Å²) >= 11 is 0. The maximum absolute atomic E-state index is 12.8. The van der Waals surface area contributed by atoms with Crippen LogP contribution in [0.1, 0.15) is 43.8 Å². The van der Waals surface area contributed by atoms with Crippen molar-refractivity contribution in [3.63, 3.8) is 0 Å². The second-order valence-electron chi connectivity index (χ2n) is 8.77. The molecule has 4 heterocycles. The highest BCUT2D eigenvalue weighted by Crippen LogP contribution is 2.33. The first-order valence-corrected chi connectivity index (χ1v) is 11.5. The lowest BCUT2D eigenvalue weighted by Crippen LogP contribution is -2.44. The van der Waals surface area contributed by atoms with E-state index in [-0.39, 0.29) is 5.92 Å². The van der Waals surface area contributed by atoms with Crippen LogP contribution in [0.5, 0.6) is 0 Å².